The van der Waals surface area contributed by atoms with Crippen molar-refractivity contribution in [2.45, 2.75) is 80.9 Å². The van der Waals surface area contributed by atoms with Crippen LogP contribution in [0.15, 0.2) is 30.3 Å². The predicted octanol–water partition coefficient (Wildman–Crippen LogP) is 4.52. The first kappa shape index (κ1) is 20.4. The van der Waals surface area contributed by atoms with Crippen molar-refractivity contribution in [3.8, 4) is 11.5 Å². The molecule has 1 spiro atoms. The van der Waals surface area contributed by atoms with Gasteiger partial charge < -0.3 is 14.9 Å². The molecule has 2 aromatic carbocycles. The number of fused-ring (bicyclic) bond motifs is 5. The zero-order valence-electron chi connectivity index (χ0n) is 20.6. The lowest BCUT2D eigenvalue weighted by atomic mass is 9.49. The van der Waals surface area contributed by atoms with Crippen molar-refractivity contribution in [2.24, 2.45) is 5.92 Å². The van der Waals surface area contributed by atoms with Gasteiger partial charge in [-0.1, -0.05) is 18.2 Å². The number of aromatic nitrogens is 1. The highest BCUT2D eigenvalue weighted by Gasteiger charge is 2.72. The molecule has 2 N–H and O–H groups in total. The van der Waals surface area contributed by atoms with Crippen LogP contribution in [-0.4, -0.2) is 44.8 Å². The van der Waals surface area contributed by atoms with Crippen LogP contribution < -0.4 is 4.74 Å². The molecule has 36 heavy (non-hydrogen) atoms. The highest BCUT2D eigenvalue weighted by Crippen LogP contribution is 2.68. The topological polar surface area (TPSA) is 65.8 Å². The van der Waals surface area contributed by atoms with E-state index in [2.05, 4.69) is 29.2 Å². The fourth-order valence-electron chi connectivity index (χ4n) is 8.84. The first-order chi connectivity index (χ1) is 17.6. The second kappa shape index (κ2) is 6.62. The summed E-state index contributed by atoms with van der Waals surface area (Å²) < 4.78 is 6.73. The van der Waals surface area contributed by atoms with Gasteiger partial charge in [0.05, 0.1) is 22.2 Å². The molecule has 1 saturated carbocycles. The van der Waals surface area contributed by atoms with Crippen LogP contribution in [0.2, 0.25) is 0 Å². The van der Waals surface area contributed by atoms with Crippen molar-refractivity contribution in [2.75, 3.05) is 13.1 Å². The van der Waals surface area contributed by atoms with E-state index in [9.17, 15) is 10.2 Å². The van der Waals surface area contributed by atoms with Crippen LogP contribution in [0.3, 0.4) is 0 Å². The summed E-state index contributed by atoms with van der Waals surface area (Å²) in [5, 5.41) is 25.0. The Kier molecular flexibility index (Phi) is 3.76. The standard InChI is InChI=1S/C31H32N2O3/c34-23-10-9-19-14-24-31(35)15-21-13-20-8-7-18-3-1-2-4-22(18)26(20)32-27(21)29-30(31,25(19)28(23)36-29)11-12-33(24)16-17-5-6-17/h7-10,13,17,24,29,34-35H,1-6,11-12,14-16H2/t24-,29+,30+,31-/m1/s1. The minimum absolute atomic E-state index is 0.0633. The van der Waals surface area contributed by atoms with Crippen molar-refractivity contribution in [3.63, 3.8) is 0 Å². The summed E-state index contributed by atoms with van der Waals surface area (Å²) in [6.45, 7) is 2.06. The number of rotatable bonds is 2. The second-order valence-electron chi connectivity index (χ2n) is 12.4. The molecule has 2 bridgehead atoms. The van der Waals surface area contributed by atoms with E-state index in [1.807, 2.05) is 0 Å². The van der Waals surface area contributed by atoms with Crippen LogP contribution in [0.5, 0.6) is 11.5 Å². The van der Waals surface area contributed by atoms with E-state index in [1.165, 1.54) is 47.8 Å². The van der Waals surface area contributed by atoms with Crippen molar-refractivity contribution >= 4 is 10.9 Å². The second-order valence-corrected chi connectivity index (χ2v) is 12.4. The fraction of sp³-hybridized carbons (Fsp3) is 0.516. The Morgan fingerprint density at radius 1 is 1.06 bits per heavy atom. The summed E-state index contributed by atoms with van der Waals surface area (Å²) in [5.41, 5.74) is 6.89. The minimum Gasteiger partial charge on any atom is -0.504 e. The van der Waals surface area contributed by atoms with Crippen LogP contribution in [0, 0.1) is 5.92 Å². The number of aryl methyl sites for hydroxylation is 2. The SMILES string of the molecule is Oc1ccc2c3c1O[C@H]1c4nc5c6c(ccc5cc4C[C@@]4(O)[C@@H](C2)N(CC2CC2)CC[C@]314)CCCC6. The number of likely N-dealkylation sites (tertiary alicyclic amines) is 1. The van der Waals surface area contributed by atoms with E-state index < -0.39 is 11.0 Å². The molecule has 1 saturated heterocycles. The number of aromatic hydroxyl groups is 1. The maximum atomic E-state index is 12.9. The zero-order chi connectivity index (χ0) is 23.8. The molecule has 3 aromatic rings. The van der Waals surface area contributed by atoms with Crippen LogP contribution in [0.4, 0.5) is 0 Å². The van der Waals surface area contributed by atoms with Crippen molar-refractivity contribution in [1.29, 1.82) is 0 Å². The summed E-state index contributed by atoms with van der Waals surface area (Å²) in [7, 11) is 0. The summed E-state index contributed by atoms with van der Waals surface area (Å²) in [5.74, 6) is 1.57. The molecule has 0 unspecified atom stereocenters. The normalized spacial score (nSPS) is 33.6. The lowest BCUT2D eigenvalue weighted by Gasteiger charge is -2.63. The average molecular weight is 481 g/mol. The van der Waals surface area contributed by atoms with E-state index in [1.54, 1.807) is 6.07 Å². The molecule has 184 valence electrons. The van der Waals surface area contributed by atoms with Gasteiger partial charge in [-0.05, 0) is 98.2 Å². The van der Waals surface area contributed by atoms with Gasteiger partial charge >= 0.3 is 0 Å². The maximum absolute atomic E-state index is 12.9. The molecule has 4 aliphatic carbocycles. The van der Waals surface area contributed by atoms with Crippen molar-refractivity contribution in [3.05, 3.63) is 63.8 Å². The molecular weight excluding hydrogens is 448 g/mol. The lowest BCUT2D eigenvalue weighted by molar-refractivity contribution is -0.173. The number of aliphatic hydroxyl groups is 1. The number of pyridine rings is 1. The van der Waals surface area contributed by atoms with Crippen molar-refractivity contribution < 1.29 is 14.9 Å². The summed E-state index contributed by atoms with van der Waals surface area (Å²) in [4.78, 5) is 7.98. The molecular formula is C31H32N2O3. The minimum atomic E-state index is -0.937. The van der Waals surface area contributed by atoms with Gasteiger partial charge in [-0.2, -0.15) is 0 Å². The van der Waals surface area contributed by atoms with E-state index in [0.29, 0.717) is 12.2 Å². The molecule has 5 heteroatoms. The summed E-state index contributed by atoms with van der Waals surface area (Å²) in [6, 6.07) is 10.8. The number of piperidine rings is 1. The molecule has 4 atom stereocenters. The van der Waals surface area contributed by atoms with Gasteiger partial charge in [-0.25, -0.2) is 4.98 Å². The first-order valence-corrected chi connectivity index (χ1v) is 14.0. The zero-order valence-corrected chi connectivity index (χ0v) is 20.6. The molecule has 2 fully saturated rings. The highest BCUT2D eigenvalue weighted by molar-refractivity contribution is 5.85. The van der Waals surface area contributed by atoms with Gasteiger partial charge in [0.15, 0.2) is 17.6 Å². The first-order valence-electron chi connectivity index (χ1n) is 14.0. The molecule has 2 aliphatic heterocycles. The third kappa shape index (κ3) is 2.33. The van der Waals surface area contributed by atoms with Gasteiger partial charge in [0.2, 0.25) is 0 Å². The molecule has 1 aromatic heterocycles. The van der Waals surface area contributed by atoms with Gasteiger partial charge in [0.25, 0.3) is 0 Å². The van der Waals surface area contributed by atoms with E-state index in [-0.39, 0.29) is 17.9 Å². The number of ether oxygens (including phenoxy) is 1. The number of hydrogen-bond acceptors (Lipinski definition) is 5. The quantitative estimate of drug-likeness (QED) is 0.565. The van der Waals surface area contributed by atoms with E-state index >= 15 is 0 Å². The number of phenolic OH excluding ortho intramolecular Hbond substituents is 1. The molecule has 9 rings (SSSR count). The molecule has 0 radical (unpaired) electrons. The largest absolute Gasteiger partial charge is 0.504 e. The molecule has 3 heterocycles. The van der Waals surface area contributed by atoms with Gasteiger partial charge in [-0.15, -0.1) is 0 Å². The average Bonchev–Trinajstić information content (AvgIpc) is 3.62. The fourth-order valence-corrected chi connectivity index (χ4v) is 8.84. The van der Waals surface area contributed by atoms with Crippen LogP contribution >= 0.6 is 0 Å². The molecule has 5 nitrogen and oxygen atoms in total. The third-order valence-electron chi connectivity index (χ3n) is 10.6. The Hall–Kier alpha value is -2.63. The number of phenols is 1. The summed E-state index contributed by atoms with van der Waals surface area (Å²) in [6.07, 6.45) is 9.21. The maximum Gasteiger partial charge on any atom is 0.166 e. The monoisotopic (exact) mass is 480 g/mol. The van der Waals surface area contributed by atoms with Gasteiger partial charge in [0, 0.05) is 30.0 Å². The van der Waals surface area contributed by atoms with Crippen LogP contribution in [-0.2, 0) is 31.1 Å². The van der Waals surface area contributed by atoms with E-state index in [0.717, 1.165) is 67.0 Å². The third-order valence-corrected chi connectivity index (χ3v) is 10.6. The van der Waals surface area contributed by atoms with Gasteiger partial charge in [-0.3, -0.25) is 4.90 Å². The number of hydrogen-bond donors (Lipinski definition) is 2. The Labute approximate surface area is 211 Å². The van der Waals surface area contributed by atoms with Gasteiger partial charge in [0.1, 0.15) is 0 Å². The van der Waals surface area contributed by atoms with Crippen LogP contribution in [0.25, 0.3) is 10.9 Å². The highest BCUT2D eigenvalue weighted by atomic mass is 16.5. The number of nitrogens with zero attached hydrogens (tertiary/aromatic N) is 2. The lowest BCUT2D eigenvalue weighted by Crippen LogP contribution is -2.74. The number of benzene rings is 2. The smallest absolute Gasteiger partial charge is 0.166 e. The van der Waals surface area contributed by atoms with Crippen molar-refractivity contribution in [1.82, 2.24) is 9.88 Å². The van der Waals surface area contributed by atoms with E-state index in [4.69, 9.17) is 9.72 Å². The Balaban J connectivity index is 1.30. The Morgan fingerprint density at radius 2 is 1.92 bits per heavy atom. The summed E-state index contributed by atoms with van der Waals surface area (Å²) >= 11 is 0. The molecule has 6 aliphatic rings. The predicted molar refractivity (Wildman–Crippen MR) is 137 cm³/mol. The molecule has 0 amide bonds. The Bertz CT molecular complexity index is 1480. The Morgan fingerprint density at radius 3 is 2.81 bits per heavy atom. The van der Waals surface area contributed by atoms with Crippen LogP contribution in [0.1, 0.15) is 71.7 Å².